The number of nitrogens with zero attached hydrogens (tertiary/aromatic N) is 2. The molecular formula is C20H21N3O5S2. The highest BCUT2D eigenvalue weighted by molar-refractivity contribution is 7.99. The van der Waals surface area contributed by atoms with E-state index in [0.29, 0.717) is 27.7 Å². The lowest BCUT2D eigenvalue weighted by molar-refractivity contribution is 0.102. The summed E-state index contributed by atoms with van der Waals surface area (Å²) in [4.78, 5) is 17.3. The zero-order valence-corrected chi connectivity index (χ0v) is 18.0. The summed E-state index contributed by atoms with van der Waals surface area (Å²) in [6.07, 6.45) is 1.93. The fourth-order valence-corrected chi connectivity index (χ4v) is 4.66. The number of ether oxygens (including phenoxy) is 2. The Morgan fingerprint density at radius 3 is 2.77 bits per heavy atom. The molecule has 1 aliphatic heterocycles. The Hall–Kier alpha value is -2.56. The maximum absolute atomic E-state index is 12.7. The largest absolute Gasteiger partial charge is 0.454 e. The molecule has 10 heteroatoms. The van der Waals surface area contributed by atoms with Crippen LogP contribution in [0.1, 0.15) is 30.1 Å². The highest BCUT2D eigenvalue weighted by Crippen LogP contribution is 2.33. The molecule has 8 nitrogen and oxygen atoms in total. The fourth-order valence-electron chi connectivity index (χ4n) is 3.19. The van der Waals surface area contributed by atoms with Crippen LogP contribution in [-0.4, -0.2) is 36.3 Å². The summed E-state index contributed by atoms with van der Waals surface area (Å²) in [5.41, 5.74) is 1.89. The minimum absolute atomic E-state index is 0.0168. The van der Waals surface area contributed by atoms with Crippen LogP contribution in [-0.2, 0) is 16.6 Å². The Bertz CT molecular complexity index is 1220. The number of ketones is 1. The minimum atomic E-state index is -3.81. The highest BCUT2D eigenvalue weighted by atomic mass is 32.2. The molecule has 0 radical (unpaired) electrons. The average Bonchev–Trinajstić information content (AvgIpc) is 3.32. The van der Waals surface area contributed by atoms with Gasteiger partial charge in [-0.1, -0.05) is 25.1 Å². The van der Waals surface area contributed by atoms with E-state index in [1.54, 1.807) is 24.3 Å². The average molecular weight is 448 g/mol. The van der Waals surface area contributed by atoms with Gasteiger partial charge in [0.05, 0.1) is 21.7 Å². The number of nitrogens with two attached hydrogens (primary N) is 1. The quantitative estimate of drug-likeness (QED) is 0.417. The predicted molar refractivity (Wildman–Crippen MR) is 114 cm³/mol. The van der Waals surface area contributed by atoms with E-state index in [4.69, 9.17) is 14.6 Å². The van der Waals surface area contributed by atoms with Crippen LogP contribution in [0.2, 0.25) is 0 Å². The van der Waals surface area contributed by atoms with E-state index in [1.165, 1.54) is 23.9 Å². The number of rotatable bonds is 8. The molecule has 158 valence electrons. The number of Topliss-reactive ketones (excluding diaryl/α,β-unsaturated/α-hetero) is 1. The lowest BCUT2D eigenvalue weighted by Gasteiger charge is -2.08. The second-order valence-electron chi connectivity index (χ2n) is 6.87. The molecule has 2 N–H and O–H groups in total. The van der Waals surface area contributed by atoms with E-state index >= 15 is 0 Å². The molecule has 0 atom stereocenters. The number of sulfonamides is 1. The molecule has 1 aliphatic rings. The summed E-state index contributed by atoms with van der Waals surface area (Å²) in [5, 5.41) is 5.91. The predicted octanol–water partition coefficient (Wildman–Crippen LogP) is 3.19. The monoisotopic (exact) mass is 447 g/mol. The van der Waals surface area contributed by atoms with Crippen LogP contribution in [0, 0.1) is 0 Å². The number of aryl methyl sites for hydroxylation is 1. The van der Waals surface area contributed by atoms with Crippen LogP contribution in [0.4, 0.5) is 0 Å². The number of hydrogen-bond acceptors (Lipinski definition) is 7. The van der Waals surface area contributed by atoms with E-state index < -0.39 is 10.0 Å². The molecule has 0 unspecified atom stereocenters. The third kappa shape index (κ3) is 4.16. The molecule has 0 saturated carbocycles. The van der Waals surface area contributed by atoms with Crippen molar-refractivity contribution in [2.75, 3.05) is 12.5 Å². The summed E-state index contributed by atoms with van der Waals surface area (Å²) < 4.78 is 36.0. The smallest absolute Gasteiger partial charge is 0.238 e. The Morgan fingerprint density at radius 2 is 2.00 bits per heavy atom. The number of carbonyl (C=O) groups is 1. The summed E-state index contributed by atoms with van der Waals surface area (Å²) in [6.45, 7) is 2.97. The molecule has 0 spiro atoms. The second kappa shape index (κ2) is 8.29. The normalized spacial score (nSPS) is 13.1. The van der Waals surface area contributed by atoms with Crippen molar-refractivity contribution in [1.29, 1.82) is 0 Å². The molecule has 2 aromatic carbocycles. The minimum Gasteiger partial charge on any atom is -0.454 e. The van der Waals surface area contributed by atoms with Gasteiger partial charge >= 0.3 is 0 Å². The van der Waals surface area contributed by atoms with Crippen LogP contribution < -0.4 is 14.6 Å². The van der Waals surface area contributed by atoms with Crippen molar-refractivity contribution in [3.05, 3.63) is 42.0 Å². The van der Waals surface area contributed by atoms with Gasteiger partial charge in [-0.2, -0.15) is 0 Å². The first-order chi connectivity index (χ1) is 14.4. The lowest BCUT2D eigenvalue weighted by atomic mass is 10.1. The number of hydrogen-bond donors (Lipinski definition) is 1. The van der Waals surface area contributed by atoms with Gasteiger partial charge in [0, 0.05) is 12.1 Å². The van der Waals surface area contributed by atoms with Crippen LogP contribution in [0.25, 0.3) is 11.0 Å². The number of benzene rings is 2. The summed E-state index contributed by atoms with van der Waals surface area (Å²) >= 11 is 1.32. The number of thioether (sulfide) groups is 1. The number of unbranched alkanes of at least 4 members (excludes halogenated alkanes) is 1. The standard InChI is InChI=1S/C20H21N3O5S2/c1-2-3-8-23-16-6-5-14(30(21,25)26)10-15(16)22-20(23)29-11-17(24)13-4-7-18-19(9-13)28-12-27-18/h4-7,9-10H,2-3,8,11-12H2,1H3,(H2,21,25,26). The SMILES string of the molecule is CCCCn1c(SCC(=O)c2ccc3c(c2)OCO3)nc2cc(S(N)(=O)=O)ccc21. The first-order valence-electron chi connectivity index (χ1n) is 9.45. The Morgan fingerprint density at radius 1 is 1.20 bits per heavy atom. The topological polar surface area (TPSA) is 114 Å². The van der Waals surface area contributed by atoms with E-state index in [9.17, 15) is 13.2 Å². The number of imidazole rings is 1. The molecule has 3 aromatic rings. The van der Waals surface area contributed by atoms with Gasteiger partial charge in [0.1, 0.15) is 0 Å². The number of fused-ring (bicyclic) bond motifs is 2. The van der Waals surface area contributed by atoms with Gasteiger partial charge in [-0.05, 0) is 42.8 Å². The Labute approximate surface area is 178 Å². The molecule has 0 saturated heterocycles. The van der Waals surface area contributed by atoms with Crippen LogP contribution >= 0.6 is 11.8 Å². The van der Waals surface area contributed by atoms with Crippen molar-refractivity contribution in [3.8, 4) is 11.5 Å². The van der Waals surface area contributed by atoms with Crippen LogP contribution in [0.5, 0.6) is 11.5 Å². The third-order valence-electron chi connectivity index (χ3n) is 4.78. The van der Waals surface area contributed by atoms with Gasteiger partial charge in [-0.15, -0.1) is 0 Å². The van der Waals surface area contributed by atoms with Crippen molar-refractivity contribution in [2.45, 2.75) is 36.4 Å². The molecule has 0 fully saturated rings. The van der Waals surface area contributed by atoms with E-state index in [2.05, 4.69) is 11.9 Å². The molecule has 30 heavy (non-hydrogen) atoms. The molecule has 0 amide bonds. The van der Waals surface area contributed by atoms with Gasteiger partial charge < -0.3 is 14.0 Å². The summed E-state index contributed by atoms with van der Waals surface area (Å²) in [7, 11) is -3.81. The summed E-state index contributed by atoms with van der Waals surface area (Å²) in [5.74, 6) is 1.33. The molecular weight excluding hydrogens is 426 g/mol. The van der Waals surface area contributed by atoms with E-state index in [0.717, 1.165) is 24.9 Å². The number of primary sulfonamides is 1. The molecule has 0 bridgehead atoms. The second-order valence-corrected chi connectivity index (χ2v) is 9.38. The molecule has 4 rings (SSSR count). The maximum atomic E-state index is 12.7. The van der Waals surface area contributed by atoms with Crippen LogP contribution in [0.3, 0.4) is 0 Å². The van der Waals surface area contributed by atoms with Gasteiger partial charge in [0.15, 0.2) is 22.4 Å². The zero-order chi connectivity index (χ0) is 21.3. The Kier molecular flexibility index (Phi) is 5.72. The van der Waals surface area contributed by atoms with E-state index in [1.807, 2.05) is 4.57 Å². The van der Waals surface area contributed by atoms with Crippen LogP contribution in [0.15, 0.2) is 46.5 Å². The van der Waals surface area contributed by atoms with Gasteiger partial charge in [-0.3, -0.25) is 4.79 Å². The highest BCUT2D eigenvalue weighted by Gasteiger charge is 2.19. The van der Waals surface area contributed by atoms with Crippen molar-refractivity contribution < 1.29 is 22.7 Å². The zero-order valence-electron chi connectivity index (χ0n) is 16.3. The third-order valence-corrected chi connectivity index (χ3v) is 6.66. The lowest BCUT2D eigenvalue weighted by Crippen LogP contribution is -2.11. The van der Waals surface area contributed by atoms with Gasteiger partial charge in [0.2, 0.25) is 16.8 Å². The van der Waals surface area contributed by atoms with Crippen molar-refractivity contribution in [3.63, 3.8) is 0 Å². The van der Waals surface area contributed by atoms with Crippen molar-refractivity contribution in [2.24, 2.45) is 5.14 Å². The maximum Gasteiger partial charge on any atom is 0.238 e. The molecule has 1 aromatic heterocycles. The first-order valence-corrected chi connectivity index (χ1v) is 12.0. The summed E-state index contributed by atoms with van der Waals surface area (Å²) in [6, 6.07) is 9.79. The Balaban J connectivity index is 1.59. The van der Waals surface area contributed by atoms with Gasteiger partial charge in [-0.25, -0.2) is 18.5 Å². The molecule has 0 aliphatic carbocycles. The van der Waals surface area contributed by atoms with E-state index in [-0.39, 0.29) is 23.2 Å². The van der Waals surface area contributed by atoms with Crippen molar-refractivity contribution in [1.82, 2.24) is 9.55 Å². The number of aromatic nitrogens is 2. The van der Waals surface area contributed by atoms with Gasteiger partial charge in [0.25, 0.3) is 0 Å². The number of carbonyl (C=O) groups excluding carboxylic acids is 1. The van der Waals surface area contributed by atoms with Crippen molar-refractivity contribution >= 4 is 38.6 Å². The molecule has 2 heterocycles. The fraction of sp³-hybridized carbons (Fsp3) is 0.300. The first kappa shape index (κ1) is 20.7.